The van der Waals surface area contributed by atoms with Crippen molar-refractivity contribution >= 4 is 64.3 Å². The van der Waals surface area contributed by atoms with Gasteiger partial charge in [0, 0.05) is 7.05 Å². The van der Waals surface area contributed by atoms with E-state index < -0.39 is 8.25 Å². The van der Waals surface area contributed by atoms with Gasteiger partial charge >= 0.3 is 0 Å². The highest BCUT2D eigenvalue weighted by Crippen LogP contribution is 2.50. The summed E-state index contributed by atoms with van der Waals surface area (Å²) < 4.78 is -3.52. The summed E-state index contributed by atoms with van der Waals surface area (Å²) in [5.41, 5.74) is 0.0579. The van der Waals surface area contributed by atoms with Gasteiger partial charge in [0.25, 0.3) is 0 Å². The van der Waals surface area contributed by atoms with E-state index in [1.165, 1.54) is 6.34 Å². The van der Waals surface area contributed by atoms with Gasteiger partial charge in [0.2, 0.25) is 8.25 Å². The van der Waals surface area contributed by atoms with Crippen LogP contribution in [0.4, 0.5) is 0 Å². The Morgan fingerprint density at radius 3 is 2.00 bits per heavy atom. The quantitative estimate of drug-likeness (QED) is 0.539. The van der Waals surface area contributed by atoms with E-state index in [-0.39, 0.29) is 11.6 Å². The first-order valence-corrected chi connectivity index (χ1v) is 7.25. The molecule has 0 fully saturated rings. The van der Waals surface area contributed by atoms with Crippen molar-refractivity contribution in [1.29, 1.82) is 0 Å². The summed E-state index contributed by atoms with van der Waals surface area (Å²) in [5, 5.41) is 5.90. The first kappa shape index (κ1) is 16.8. The lowest BCUT2D eigenvalue weighted by Gasteiger charge is -2.42. The SMILES string of the molecule is CN1N=CN(C(Cl)(Cl)C(Cl)(Cl)Cl)C1CC(C)(C)C. The molecule has 0 aromatic carbocycles. The highest BCUT2D eigenvalue weighted by atomic mass is 35.6. The van der Waals surface area contributed by atoms with Crippen LogP contribution in [0.3, 0.4) is 0 Å². The number of alkyl halides is 5. The Labute approximate surface area is 133 Å². The van der Waals surface area contributed by atoms with Gasteiger partial charge in [-0.1, -0.05) is 78.8 Å². The number of rotatable bonds is 2. The molecule has 0 radical (unpaired) electrons. The van der Waals surface area contributed by atoms with Crippen molar-refractivity contribution in [1.82, 2.24) is 9.91 Å². The van der Waals surface area contributed by atoms with Crippen LogP contribution in [-0.4, -0.2) is 37.7 Å². The maximum absolute atomic E-state index is 6.19. The second-order valence-corrected chi connectivity index (χ2v) is 9.06. The molecule has 0 amide bonds. The third-order valence-electron chi connectivity index (χ3n) is 2.57. The monoisotopic (exact) mass is 353 g/mol. The zero-order valence-electron chi connectivity index (χ0n) is 10.6. The molecule has 0 saturated carbocycles. The zero-order chi connectivity index (χ0) is 14.4. The predicted molar refractivity (Wildman–Crippen MR) is 80.7 cm³/mol. The van der Waals surface area contributed by atoms with E-state index in [1.54, 1.807) is 9.91 Å². The molecule has 0 aliphatic carbocycles. The van der Waals surface area contributed by atoms with E-state index in [2.05, 4.69) is 25.9 Å². The average molecular weight is 356 g/mol. The normalized spacial score (nSPS) is 21.9. The van der Waals surface area contributed by atoms with Gasteiger partial charge < -0.3 is 4.90 Å². The van der Waals surface area contributed by atoms with Crippen LogP contribution in [0.1, 0.15) is 27.2 Å². The van der Waals surface area contributed by atoms with E-state index >= 15 is 0 Å². The van der Waals surface area contributed by atoms with Gasteiger partial charge in [0.1, 0.15) is 12.5 Å². The number of hydrogen-bond donors (Lipinski definition) is 0. The third kappa shape index (κ3) is 3.63. The molecule has 1 unspecified atom stereocenters. The van der Waals surface area contributed by atoms with E-state index in [1.807, 2.05) is 7.05 Å². The molecule has 1 atom stereocenters. The van der Waals surface area contributed by atoms with Gasteiger partial charge in [0.15, 0.2) is 0 Å². The molecule has 8 heteroatoms. The molecular weight excluding hydrogens is 339 g/mol. The van der Waals surface area contributed by atoms with E-state index in [4.69, 9.17) is 58.0 Å². The smallest absolute Gasteiger partial charge is 0.241 e. The second-order valence-electron chi connectivity index (χ2n) is 5.50. The summed E-state index contributed by atoms with van der Waals surface area (Å²) in [5.74, 6) is 0. The van der Waals surface area contributed by atoms with Crippen LogP contribution in [0.5, 0.6) is 0 Å². The summed E-state index contributed by atoms with van der Waals surface area (Å²) in [6, 6.07) is 0. The molecule has 1 heterocycles. The molecule has 1 aliphatic heterocycles. The van der Waals surface area contributed by atoms with Gasteiger partial charge in [-0.25, -0.2) is 0 Å². The Hall–Kier alpha value is 0.720. The van der Waals surface area contributed by atoms with Crippen molar-refractivity contribution < 1.29 is 0 Å². The fraction of sp³-hybridized carbons (Fsp3) is 0.900. The van der Waals surface area contributed by atoms with Gasteiger partial charge in [-0.3, -0.25) is 5.01 Å². The van der Waals surface area contributed by atoms with Crippen molar-refractivity contribution in [2.45, 2.75) is 41.6 Å². The Morgan fingerprint density at radius 2 is 1.61 bits per heavy atom. The minimum Gasteiger partial charge on any atom is -0.304 e. The van der Waals surface area contributed by atoms with Crippen LogP contribution >= 0.6 is 58.0 Å². The second kappa shape index (κ2) is 5.25. The summed E-state index contributed by atoms with van der Waals surface area (Å²) in [7, 11) is 1.83. The van der Waals surface area contributed by atoms with Gasteiger partial charge in [0.05, 0.1) is 0 Å². The highest BCUT2D eigenvalue weighted by molar-refractivity contribution is 6.75. The molecule has 0 saturated heterocycles. The predicted octanol–water partition coefficient (Wildman–Crippen LogP) is 4.44. The van der Waals surface area contributed by atoms with Gasteiger partial charge in [-0.15, -0.1) is 0 Å². The number of hydrogen-bond acceptors (Lipinski definition) is 3. The van der Waals surface area contributed by atoms with Crippen LogP contribution in [0, 0.1) is 5.41 Å². The van der Waals surface area contributed by atoms with Crippen LogP contribution in [0.2, 0.25) is 0 Å². The summed E-state index contributed by atoms with van der Waals surface area (Å²) in [4.78, 5) is 1.56. The number of halogens is 5. The molecular formula is C10H16Cl5N3. The van der Waals surface area contributed by atoms with Crippen molar-refractivity contribution in [2.24, 2.45) is 10.5 Å². The summed E-state index contributed by atoms with van der Waals surface area (Å²) >= 11 is 29.9. The Balaban J connectivity index is 2.98. The fourth-order valence-corrected chi connectivity index (χ4v) is 2.26. The number of nitrogens with zero attached hydrogens (tertiary/aromatic N) is 3. The van der Waals surface area contributed by atoms with Crippen LogP contribution in [0.15, 0.2) is 5.10 Å². The van der Waals surface area contributed by atoms with Crippen molar-refractivity contribution in [3.8, 4) is 0 Å². The van der Waals surface area contributed by atoms with Crippen LogP contribution < -0.4 is 0 Å². The van der Waals surface area contributed by atoms with Crippen LogP contribution in [0.25, 0.3) is 0 Å². The minimum absolute atomic E-state index is 0.0579. The fourth-order valence-electron chi connectivity index (χ4n) is 1.66. The van der Waals surface area contributed by atoms with Crippen molar-refractivity contribution in [2.75, 3.05) is 7.05 Å². The molecule has 0 aromatic rings. The summed E-state index contributed by atoms with van der Waals surface area (Å²) in [6.45, 7) is 6.32. The van der Waals surface area contributed by atoms with E-state index in [9.17, 15) is 0 Å². The molecule has 0 bridgehead atoms. The first-order chi connectivity index (χ1) is 7.86. The Bertz CT molecular complexity index is 331. The van der Waals surface area contributed by atoms with Gasteiger partial charge in [-0.2, -0.15) is 5.10 Å². The molecule has 1 aliphatic rings. The maximum Gasteiger partial charge on any atom is 0.241 e. The topological polar surface area (TPSA) is 18.8 Å². The molecule has 106 valence electrons. The Morgan fingerprint density at radius 1 is 1.11 bits per heavy atom. The largest absolute Gasteiger partial charge is 0.304 e. The van der Waals surface area contributed by atoms with E-state index in [0.717, 1.165) is 6.42 Å². The van der Waals surface area contributed by atoms with Crippen molar-refractivity contribution in [3.63, 3.8) is 0 Å². The van der Waals surface area contributed by atoms with Gasteiger partial charge in [-0.05, 0) is 11.8 Å². The van der Waals surface area contributed by atoms with E-state index in [0.29, 0.717) is 0 Å². The highest BCUT2D eigenvalue weighted by Gasteiger charge is 2.54. The molecule has 0 spiro atoms. The summed E-state index contributed by atoms with van der Waals surface area (Å²) in [6.07, 6.45) is 2.11. The first-order valence-electron chi connectivity index (χ1n) is 5.36. The minimum atomic E-state index is -1.84. The molecule has 18 heavy (non-hydrogen) atoms. The lowest BCUT2D eigenvalue weighted by atomic mass is 9.90. The lowest BCUT2D eigenvalue weighted by molar-refractivity contribution is 0.0947. The molecule has 0 aromatic heterocycles. The average Bonchev–Trinajstić information content (AvgIpc) is 2.43. The maximum atomic E-state index is 6.19. The lowest BCUT2D eigenvalue weighted by Crippen LogP contribution is -2.54. The number of hydrazone groups is 1. The Kier molecular flexibility index (Phi) is 4.89. The molecule has 1 rings (SSSR count). The third-order valence-corrected chi connectivity index (χ3v) is 4.93. The van der Waals surface area contributed by atoms with Crippen LogP contribution in [-0.2, 0) is 0 Å². The standard InChI is InChI=1S/C10H16Cl5N3/c1-8(2,3)5-7-17(4)16-6-18(7)10(14,15)9(11,12)13/h6-7H,5H2,1-4H3. The van der Waals surface area contributed by atoms with Crippen molar-refractivity contribution in [3.05, 3.63) is 0 Å². The zero-order valence-corrected chi connectivity index (χ0v) is 14.4. The molecule has 0 N–H and O–H groups in total. The molecule has 3 nitrogen and oxygen atoms in total.